The summed E-state index contributed by atoms with van der Waals surface area (Å²) in [6.45, 7) is 2.08. The fraction of sp³-hybridized carbons (Fsp3) is 0.714. The molecule has 0 aromatic carbocycles. The van der Waals surface area contributed by atoms with Crippen LogP contribution in [-0.4, -0.2) is 18.9 Å². The fourth-order valence-electron chi connectivity index (χ4n) is 2.67. The van der Waals surface area contributed by atoms with Gasteiger partial charge in [-0.25, -0.2) is 0 Å². The van der Waals surface area contributed by atoms with Crippen molar-refractivity contribution in [3.63, 3.8) is 0 Å². The number of esters is 1. The zero-order valence-electron chi connectivity index (χ0n) is 10.6. The zero-order chi connectivity index (χ0) is 12.8. The maximum absolute atomic E-state index is 12.0. The van der Waals surface area contributed by atoms with Gasteiger partial charge in [0.2, 0.25) is 0 Å². The molecule has 0 amide bonds. The number of methoxy groups -OCH3 is 1. The first-order valence-electron chi connectivity index (χ1n) is 6.11. The van der Waals surface area contributed by atoms with E-state index in [1.807, 2.05) is 0 Å². The van der Waals surface area contributed by atoms with Crippen LogP contribution in [0.2, 0.25) is 0 Å². The van der Waals surface area contributed by atoms with E-state index in [9.17, 15) is 9.59 Å². The van der Waals surface area contributed by atoms with Crippen molar-refractivity contribution in [3.05, 3.63) is 0 Å². The first kappa shape index (κ1) is 13.8. The second-order valence-corrected chi connectivity index (χ2v) is 4.90. The van der Waals surface area contributed by atoms with Crippen LogP contribution in [0.5, 0.6) is 0 Å². The zero-order valence-corrected chi connectivity index (χ0v) is 10.6. The van der Waals surface area contributed by atoms with E-state index in [1.54, 1.807) is 0 Å². The average molecular weight is 236 g/mol. The molecule has 1 fully saturated rings. The summed E-state index contributed by atoms with van der Waals surface area (Å²) in [4.78, 5) is 23.1. The summed E-state index contributed by atoms with van der Waals surface area (Å²) in [7, 11) is 1.37. The normalized spacial score (nSPS) is 28.5. The number of ketones is 1. The van der Waals surface area contributed by atoms with Crippen molar-refractivity contribution in [2.75, 3.05) is 7.11 Å². The summed E-state index contributed by atoms with van der Waals surface area (Å²) in [6, 6.07) is 0. The highest BCUT2D eigenvalue weighted by Gasteiger charge is 2.34. The summed E-state index contributed by atoms with van der Waals surface area (Å²) in [6.07, 6.45) is 8.46. The first-order valence-corrected chi connectivity index (χ1v) is 6.11. The number of terminal acetylenes is 1. The van der Waals surface area contributed by atoms with Crippen molar-refractivity contribution >= 4 is 11.8 Å². The lowest BCUT2D eigenvalue weighted by Gasteiger charge is -2.32. The highest BCUT2D eigenvalue weighted by molar-refractivity contribution is 5.83. The van der Waals surface area contributed by atoms with Crippen LogP contribution in [0.3, 0.4) is 0 Å². The van der Waals surface area contributed by atoms with Crippen molar-refractivity contribution in [3.8, 4) is 12.3 Å². The van der Waals surface area contributed by atoms with E-state index < -0.39 is 0 Å². The summed E-state index contributed by atoms with van der Waals surface area (Å²) in [5, 5.41) is 0. The minimum Gasteiger partial charge on any atom is -0.469 e. The van der Waals surface area contributed by atoms with E-state index in [1.165, 1.54) is 7.11 Å². The molecular weight excluding hydrogens is 216 g/mol. The van der Waals surface area contributed by atoms with Crippen LogP contribution in [0.25, 0.3) is 0 Å². The number of hydrogen-bond acceptors (Lipinski definition) is 3. The van der Waals surface area contributed by atoms with Crippen molar-refractivity contribution in [1.29, 1.82) is 0 Å². The SMILES string of the molecule is C#CCC1CC(C)CC(=O)C1CCC(=O)OC. The van der Waals surface area contributed by atoms with Crippen molar-refractivity contribution in [2.45, 2.75) is 39.0 Å². The van der Waals surface area contributed by atoms with Gasteiger partial charge in [-0.05, 0) is 24.7 Å². The topological polar surface area (TPSA) is 43.4 Å². The number of rotatable bonds is 4. The Morgan fingerprint density at radius 1 is 1.59 bits per heavy atom. The molecule has 0 spiro atoms. The Morgan fingerprint density at radius 2 is 2.29 bits per heavy atom. The van der Waals surface area contributed by atoms with Gasteiger partial charge in [-0.15, -0.1) is 12.3 Å². The molecular formula is C14H20O3. The van der Waals surface area contributed by atoms with Crippen LogP contribution in [-0.2, 0) is 14.3 Å². The van der Waals surface area contributed by atoms with Crippen LogP contribution in [0.4, 0.5) is 0 Å². The molecule has 3 unspecified atom stereocenters. The molecule has 17 heavy (non-hydrogen) atoms. The van der Waals surface area contributed by atoms with Crippen LogP contribution in [0.15, 0.2) is 0 Å². The molecule has 1 saturated carbocycles. The summed E-state index contributed by atoms with van der Waals surface area (Å²) >= 11 is 0. The molecule has 1 aliphatic carbocycles. The third-order valence-electron chi connectivity index (χ3n) is 3.50. The van der Waals surface area contributed by atoms with Crippen LogP contribution < -0.4 is 0 Å². The minimum absolute atomic E-state index is 0.0543. The van der Waals surface area contributed by atoms with Crippen molar-refractivity contribution in [1.82, 2.24) is 0 Å². The van der Waals surface area contributed by atoms with Crippen molar-refractivity contribution < 1.29 is 14.3 Å². The number of carbonyl (C=O) groups is 2. The summed E-state index contributed by atoms with van der Waals surface area (Å²) in [5.74, 6) is 3.24. The Morgan fingerprint density at radius 3 is 2.88 bits per heavy atom. The van der Waals surface area contributed by atoms with Crippen LogP contribution in [0, 0.1) is 30.1 Å². The maximum atomic E-state index is 12.0. The number of Topliss-reactive ketones (excluding diaryl/α,β-unsaturated/α-hetero) is 1. The Balaban J connectivity index is 2.61. The molecule has 0 aromatic heterocycles. The molecule has 0 aromatic rings. The standard InChI is InChI=1S/C14H20O3/c1-4-5-11-8-10(2)9-13(15)12(11)6-7-14(16)17-3/h1,10-12H,5-9H2,2-3H3. The Bertz CT molecular complexity index is 327. The highest BCUT2D eigenvalue weighted by atomic mass is 16.5. The first-order chi connectivity index (χ1) is 8.08. The van der Waals surface area contributed by atoms with Gasteiger partial charge < -0.3 is 4.74 Å². The lowest BCUT2D eigenvalue weighted by Crippen LogP contribution is -2.32. The largest absolute Gasteiger partial charge is 0.469 e. The van der Waals surface area contributed by atoms with Gasteiger partial charge in [0.05, 0.1) is 7.11 Å². The maximum Gasteiger partial charge on any atom is 0.305 e. The summed E-state index contributed by atoms with van der Waals surface area (Å²) < 4.78 is 4.60. The van der Waals surface area contributed by atoms with E-state index in [0.717, 1.165) is 6.42 Å². The second kappa shape index (κ2) is 6.44. The van der Waals surface area contributed by atoms with Gasteiger partial charge in [-0.1, -0.05) is 6.92 Å². The molecule has 3 heteroatoms. The molecule has 0 saturated heterocycles. The van der Waals surface area contributed by atoms with E-state index in [0.29, 0.717) is 31.6 Å². The van der Waals surface area contributed by atoms with Gasteiger partial charge in [0.1, 0.15) is 5.78 Å². The van der Waals surface area contributed by atoms with Gasteiger partial charge >= 0.3 is 5.97 Å². The third-order valence-corrected chi connectivity index (χ3v) is 3.50. The molecule has 0 aliphatic heterocycles. The average Bonchev–Trinajstić information content (AvgIpc) is 2.27. The third kappa shape index (κ3) is 3.89. The molecule has 94 valence electrons. The van der Waals surface area contributed by atoms with Gasteiger partial charge in [0.15, 0.2) is 0 Å². The lowest BCUT2D eigenvalue weighted by molar-refractivity contribution is -0.141. The molecule has 0 bridgehead atoms. The van der Waals surface area contributed by atoms with Crippen LogP contribution >= 0.6 is 0 Å². The Hall–Kier alpha value is -1.30. The fourth-order valence-corrected chi connectivity index (χ4v) is 2.67. The Labute approximate surface area is 103 Å². The minimum atomic E-state index is -0.254. The molecule has 3 atom stereocenters. The summed E-state index contributed by atoms with van der Waals surface area (Å²) in [5.41, 5.74) is 0. The van der Waals surface area contributed by atoms with E-state index in [2.05, 4.69) is 17.6 Å². The molecule has 1 aliphatic rings. The second-order valence-electron chi connectivity index (χ2n) is 4.90. The van der Waals surface area contributed by atoms with Gasteiger partial charge in [0, 0.05) is 25.2 Å². The van der Waals surface area contributed by atoms with Gasteiger partial charge in [0.25, 0.3) is 0 Å². The molecule has 0 heterocycles. The molecule has 0 N–H and O–H groups in total. The monoisotopic (exact) mass is 236 g/mol. The quantitative estimate of drug-likeness (QED) is 0.555. The van der Waals surface area contributed by atoms with Gasteiger partial charge in [-0.3, -0.25) is 9.59 Å². The smallest absolute Gasteiger partial charge is 0.305 e. The number of hydrogen-bond donors (Lipinski definition) is 0. The predicted molar refractivity (Wildman–Crippen MR) is 65.1 cm³/mol. The highest BCUT2D eigenvalue weighted by Crippen LogP contribution is 2.35. The van der Waals surface area contributed by atoms with E-state index >= 15 is 0 Å². The van der Waals surface area contributed by atoms with E-state index in [4.69, 9.17) is 6.42 Å². The van der Waals surface area contributed by atoms with Crippen molar-refractivity contribution in [2.24, 2.45) is 17.8 Å². The number of carbonyl (C=O) groups excluding carboxylic acids is 2. The predicted octanol–water partition coefficient (Wildman–Crippen LogP) is 2.19. The molecule has 1 rings (SSSR count). The number of ether oxygens (including phenoxy) is 1. The van der Waals surface area contributed by atoms with Gasteiger partial charge in [-0.2, -0.15) is 0 Å². The Kier molecular flexibility index (Phi) is 5.21. The molecule has 0 radical (unpaired) electrons. The van der Waals surface area contributed by atoms with E-state index in [-0.39, 0.29) is 23.6 Å². The molecule has 3 nitrogen and oxygen atoms in total. The van der Waals surface area contributed by atoms with Crippen LogP contribution in [0.1, 0.15) is 39.0 Å². The lowest BCUT2D eigenvalue weighted by atomic mass is 9.71.